The van der Waals surface area contributed by atoms with Crippen LogP contribution in [0.15, 0.2) is 0 Å². The molecule has 0 saturated heterocycles. The van der Waals surface area contributed by atoms with Gasteiger partial charge in [0.05, 0.1) is 6.61 Å². The minimum atomic E-state index is -0.770. The van der Waals surface area contributed by atoms with Gasteiger partial charge in [0.1, 0.15) is 0 Å². The summed E-state index contributed by atoms with van der Waals surface area (Å²) in [5.74, 6) is -0.770. The number of hydrogen-bond donors (Lipinski definition) is 2. The maximum absolute atomic E-state index is 11.5. The summed E-state index contributed by atoms with van der Waals surface area (Å²) in [5.41, 5.74) is 0. The third-order valence-electron chi connectivity index (χ3n) is 2.32. The smallest absolute Gasteiger partial charge is 0.317 e. The summed E-state index contributed by atoms with van der Waals surface area (Å²) in [5, 5.41) is 11.2. The molecular weight excluding hydrogens is 224 g/mol. The number of aliphatic carboxylic acids is 1. The summed E-state index contributed by atoms with van der Waals surface area (Å²) >= 11 is 0. The average molecular weight is 246 g/mol. The molecule has 6 heteroatoms. The van der Waals surface area contributed by atoms with Crippen LogP contribution in [-0.4, -0.2) is 55.9 Å². The quantitative estimate of drug-likeness (QED) is 0.593. The van der Waals surface area contributed by atoms with Crippen LogP contribution < -0.4 is 5.32 Å². The molecule has 0 aliphatic rings. The predicted octanol–water partition coefficient (Wildman–Crippen LogP) is 0.919. The average Bonchev–Trinajstić information content (AvgIpc) is 2.29. The van der Waals surface area contributed by atoms with Crippen LogP contribution in [0.1, 0.15) is 25.7 Å². The molecule has 0 aromatic heterocycles. The van der Waals surface area contributed by atoms with E-state index in [2.05, 4.69) is 5.32 Å². The molecule has 0 bridgehead atoms. The van der Waals surface area contributed by atoms with Crippen LogP contribution in [0.2, 0.25) is 0 Å². The van der Waals surface area contributed by atoms with Gasteiger partial charge in [-0.05, 0) is 12.8 Å². The fraction of sp³-hybridized carbons (Fsp3) is 0.818. The lowest BCUT2D eigenvalue weighted by Gasteiger charge is -2.17. The van der Waals surface area contributed by atoms with Gasteiger partial charge < -0.3 is 20.1 Å². The zero-order valence-corrected chi connectivity index (χ0v) is 10.6. The van der Waals surface area contributed by atoms with Crippen molar-refractivity contribution in [2.45, 2.75) is 25.7 Å². The zero-order chi connectivity index (χ0) is 13.1. The number of nitrogens with zero attached hydrogens (tertiary/aromatic N) is 1. The van der Waals surface area contributed by atoms with Gasteiger partial charge in [0, 0.05) is 33.7 Å². The molecule has 0 aliphatic carbocycles. The molecule has 0 aliphatic heterocycles. The van der Waals surface area contributed by atoms with Crippen LogP contribution in [0.3, 0.4) is 0 Å². The molecule has 0 fully saturated rings. The number of carbonyl (C=O) groups is 2. The molecule has 2 N–H and O–H groups in total. The lowest BCUT2D eigenvalue weighted by Crippen LogP contribution is -2.39. The van der Waals surface area contributed by atoms with Crippen LogP contribution in [0, 0.1) is 0 Å². The van der Waals surface area contributed by atoms with Crippen molar-refractivity contribution < 1.29 is 19.4 Å². The SMILES string of the molecule is COCCN(C)C(=O)NCCCCCC(=O)O. The van der Waals surface area contributed by atoms with Crippen molar-refractivity contribution in [3.05, 3.63) is 0 Å². The summed E-state index contributed by atoms with van der Waals surface area (Å²) in [7, 11) is 3.30. The van der Waals surface area contributed by atoms with E-state index < -0.39 is 5.97 Å². The lowest BCUT2D eigenvalue weighted by molar-refractivity contribution is -0.137. The number of methoxy groups -OCH3 is 1. The van der Waals surface area contributed by atoms with Gasteiger partial charge in [0.2, 0.25) is 0 Å². The van der Waals surface area contributed by atoms with E-state index in [-0.39, 0.29) is 12.5 Å². The van der Waals surface area contributed by atoms with Crippen molar-refractivity contribution in [2.75, 3.05) is 33.9 Å². The molecule has 2 amide bonds. The third-order valence-corrected chi connectivity index (χ3v) is 2.32. The van der Waals surface area contributed by atoms with Crippen LogP contribution in [-0.2, 0) is 9.53 Å². The molecule has 17 heavy (non-hydrogen) atoms. The largest absolute Gasteiger partial charge is 0.481 e. The number of likely N-dealkylation sites (N-methyl/N-ethyl adjacent to an activating group) is 1. The number of urea groups is 1. The Bertz CT molecular complexity index is 234. The van der Waals surface area contributed by atoms with Gasteiger partial charge >= 0.3 is 12.0 Å². The molecule has 0 spiro atoms. The van der Waals surface area contributed by atoms with E-state index in [4.69, 9.17) is 9.84 Å². The van der Waals surface area contributed by atoms with Crippen LogP contribution >= 0.6 is 0 Å². The molecule has 0 unspecified atom stereocenters. The Balaban J connectivity index is 3.41. The van der Waals surface area contributed by atoms with Crippen LogP contribution in [0.25, 0.3) is 0 Å². The lowest BCUT2D eigenvalue weighted by atomic mass is 10.2. The van der Waals surface area contributed by atoms with E-state index in [1.54, 1.807) is 19.1 Å². The summed E-state index contributed by atoms with van der Waals surface area (Å²) in [6, 6.07) is -0.125. The minimum Gasteiger partial charge on any atom is -0.481 e. The molecule has 0 atom stereocenters. The monoisotopic (exact) mass is 246 g/mol. The van der Waals surface area contributed by atoms with Crippen molar-refractivity contribution in [2.24, 2.45) is 0 Å². The van der Waals surface area contributed by atoms with Gasteiger partial charge in [-0.25, -0.2) is 4.79 Å². The molecule has 100 valence electrons. The number of carbonyl (C=O) groups excluding carboxylic acids is 1. The third kappa shape index (κ3) is 9.62. The van der Waals surface area contributed by atoms with E-state index in [1.807, 2.05) is 0 Å². The first-order valence-electron chi connectivity index (χ1n) is 5.77. The Kier molecular flexibility index (Phi) is 9.14. The normalized spacial score (nSPS) is 10.0. The summed E-state index contributed by atoms with van der Waals surface area (Å²) < 4.78 is 4.87. The first-order chi connectivity index (χ1) is 8.07. The van der Waals surface area contributed by atoms with Gasteiger partial charge in [0.15, 0.2) is 0 Å². The van der Waals surface area contributed by atoms with Gasteiger partial charge in [-0.15, -0.1) is 0 Å². The fourth-order valence-electron chi connectivity index (χ4n) is 1.24. The second kappa shape index (κ2) is 9.89. The standard InChI is InChI=1S/C11H22N2O4/c1-13(8-9-17-2)11(16)12-7-5-3-4-6-10(14)15/h3-9H2,1-2H3,(H,12,16)(H,14,15). The van der Waals surface area contributed by atoms with Gasteiger partial charge in [-0.2, -0.15) is 0 Å². The highest BCUT2D eigenvalue weighted by atomic mass is 16.5. The first kappa shape index (κ1) is 15.7. The van der Waals surface area contributed by atoms with Crippen molar-refractivity contribution in [3.8, 4) is 0 Å². The van der Waals surface area contributed by atoms with E-state index >= 15 is 0 Å². The van der Waals surface area contributed by atoms with Crippen molar-refractivity contribution in [1.82, 2.24) is 10.2 Å². The molecule has 0 rings (SSSR count). The Morgan fingerprint density at radius 2 is 2.00 bits per heavy atom. The molecule has 0 aromatic rings. The van der Waals surface area contributed by atoms with Crippen LogP contribution in [0.4, 0.5) is 4.79 Å². The zero-order valence-electron chi connectivity index (χ0n) is 10.6. The van der Waals surface area contributed by atoms with Gasteiger partial charge in [-0.1, -0.05) is 6.42 Å². The number of nitrogens with one attached hydrogen (secondary N) is 1. The Morgan fingerprint density at radius 3 is 2.59 bits per heavy atom. The van der Waals surface area contributed by atoms with Crippen molar-refractivity contribution in [1.29, 1.82) is 0 Å². The van der Waals surface area contributed by atoms with Crippen molar-refractivity contribution in [3.63, 3.8) is 0 Å². The second-order valence-electron chi connectivity index (χ2n) is 3.85. The summed E-state index contributed by atoms with van der Waals surface area (Å²) in [6.45, 7) is 1.65. The van der Waals surface area contributed by atoms with E-state index in [0.29, 0.717) is 26.1 Å². The highest BCUT2D eigenvalue weighted by molar-refractivity contribution is 5.73. The number of ether oxygens (including phenoxy) is 1. The summed E-state index contributed by atoms with van der Waals surface area (Å²) in [4.78, 5) is 23.3. The molecule has 0 saturated carbocycles. The molecule has 0 heterocycles. The molecule has 6 nitrogen and oxygen atoms in total. The van der Waals surface area contributed by atoms with E-state index in [9.17, 15) is 9.59 Å². The maximum Gasteiger partial charge on any atom is 0.317 e. The van der Waals surface area contributed by atoms with E-state index in [0.717, 1.165) is 12.8 Å². The van der Waals surface area contributed by atoms with E-state index in [1.165, 1.54) is 0 Å². The van der Waals surface area contributed by atoms with Crippen LogP contribution in [0.5, 0.6) is 0 Å². The topological polar surface area (TPSA) is 78.9 Å². The van der Waals surface area contributed by atoms with Gasteiger partial charge in [0.25, 0.3) is 0 Å². The number of unbranched alkanes of at least 4 members (excludes halogenated alkanes) is 2. The number of rotatable bonds is 9. The number of amides is 2. The van der Waals surface area contributed by atoms with Gasteiger partial charge in [-0.3, -0.25) is 4.79 Å². The maximum atomic E-state index is 11.5. The number of carboxylic acids is 1. The number of carboxylic acid groups (broad SMARTS) is 1. The highest BCUT2D eigenvalue weighted by Gasteiger charge is 2.06. The fourth-order valence-corrected chi connectivity index (χ4v) is 1.24. The second-order valence-corrected chi connectivity index (χ2v) is 3.85. The first-order valence-corrected chi connectivity index (χ1v) is 5.77. The Morgan fingerprint density at radius 1 is 1.29 bits per heavy atom. The Labute approximate surface area is 102 Å². The van der Waals surface area contributed by atoms with Crippen molar-refractivity contribution >= 4 is 12.0 Å². The summed E-state index contributed by atoms with van der Waals surface area (Å²) in [6.07, 6.45) is 2.47. The molecule has 0 aromatic carbocycles. The predicted molar refractivity (Wildman–Crippen MR) is 64.0 cm³/mol. The highest BCUT2D eigenvalue weighted by Crippen LogP contribution is 1.98. The number of hydrogen-bond acceptors (Lipinski definition) is 3. The molecule has 0 radical (unpaired) electrons. The Hall–Kier alpha value is -1.30. The minimum absolute atomic E-state index is 0.125. The molecular formula is C11H22N2O4.